The summed E-state index contributed by atoms with van der Waals surface area (Å²) < 4.78 is 15.1. The van der Waals surface area contributed by atoms with Crippen LogP contribution in [0.4, 0.5) is 11.4 Å². The largest absolute Gasteiger partial charge is 0.495 e. The number of methoxy groups -OCH3 is 2. The first kappa shape index (κ1) is 20.9. The van der Waals surface area contributed by atoms with Gasteiger partial charge in [0.2, 0.25) is 0 Å². The predicted molar refractivity (Wildman–Crippen MR) is 106 cm³/mol. The quantitative estimate of drug-likeness (QED) is 0.549. The summed E-state index contributed by atoms with van der Waals surface area (Å²) in [6.07, 6.45) is 1.38. The number of esters is 1. The van der Waals surface area contributed by atoms with Crippen molar-refractivity contribution in [2.45, 2.75) is 0 Å². The summed E-state index contributed by atoms with van der Waals surface area (Å²) in [5, 5.41) is 14.7. The van der Waals surface area contributed by atoms with Gasteiger partial charge in [0.25, 0.3) is 11.8 Å². The first-order valence-electron chi connectivity index (χ1n) is 9.00. The fourth-order valence-corrected chi connectivity index (χ4v) is 2.97. The molecule has 0 atom stereocenters. The Labute approximate surface area is 172 Å². The van der Waals surface area contributed by atoms with Crippen LogP contribution in [0.1, 0.15) is 10.6 Å². The third-order valence-electron chi connectivity index (χ3n) is 4.42. The molecule has 0 fully saturated rings. The Bertz CT molecular complexity index is 982. The number of furan rings is 1. The maximum absolute atomic E-state index is 12.7. The monoisotopic (exact) mass is 415 g/mol. The van der Waals surface area contributed by atoms with Crippen LogP contribution in [0.15, 0.2) is 52.3 Å². The molecule has 0 radical (unpaired) electrons. The molecule has 2 aromatic rings. The minimum Gasteiger partial charge on any atom is -0.495 e. The van der Waals surface area contributed by atoms with Gasteiger partial charge in [-0.25, -0.2) is 4.79 Å². The zero-order valence-electron chi connectivity index (χ0n) is 16.4. The molecule has 3 N–H and O–H groups in total. The second kappa shape index (κ2) is 9.14. The molecular weight excluding hydrogens is 394 g/mol. The number of anilines is 2. The lowest BCUT2D eigenvalue weighted by molar-refractivity contribution is -0.136. The molecule has 10 heteroatoms. The van der Waals surface area contributed by atoms with Crippen LogP contribution in [0, 0.1) is 0 Å². The summed E-state index contributed by atoms with van der Waals surface area (Å²) in [7, 11) is 2.68. The Kier molecular flexibility index (Phi) is 6.38. The van der Waals surface area contributed by atoms with E-state index < -0.39 is 17.8 Å². The summed E-state index contributed by atoms with van der Waals surface area (Å²) in [6, 6.07) is 7.90. The van der Waals surface area contributed by atoms with Crippen LogP contribution in [-0.2, 0) is 14.3 Å². The van der Waals surface area contributed by atoms with E-state index in [0.717, 1.165) is 0 Å². The van der Waals surface area contributed by atoms with Gasteiger partial charge in [0.1, 0.15) is 11.4 Å². The summed E-state index contributed by atoms with van der Waals surface area (Å²) in [5.74, 6) is -1.05. The number of aliphatic hydroxyl groups excluding tert-OH is 1. The molecule has 0 bridgehead atoms. The lowest BCUT2D eigenvalue weighted by Crippen LogP contribution is -2.31. The zero-order valence-corrected chi connectivity index (χ0v) is 16.4. The van der Waals surface area contributed by atoms with Crippen LogP contribution in [0.3, 0.4) is 0 Å². The van der Waals surface area contributed by atoms with Gasteiger partial charge in [0, 0.05) is 12.2 Å². The van der Waals surface area contributed by atoms with E-state index in [1.54, 1.807) is 24.3 Å². The highest BCUT2D eigenvalue weighted by Crippen LogP contribution is 2.30. The van der Waals surface area contributed by atoms with Crippen LogP contribution < -0.4 is 15.4 Å². The second-order valence-corrected chi connectivity index (χ2v) is 6.27. The number of carbonyl (C=O) groups excluding carboxylic acids is 3. The van der Waals surface area contributed by atoms with E-state index in [9.17, 15) is 14.4 Å². The van der Waals surface area contributed by atoms with Crippen LogP contribution in [-0.4, -0.2) is 61.7 Å². The number of ether oxygens (including phenoxy) is 2. The van der Waals surface area contributed by atoms with Gasteiger partial charge in [0.15, 0.2) is 5.76 Å². The topological polar surface area (TPSA) is 130 Å². The summed E-state index contributed by atoms with van der Waals surface area (Å²) in [4.78, 5) is 38.4. The van der Waals surface area contributed by atoms with Crippen molar-refractivity contribution in [2.24, 2.45) is 0 Å². The van der Waals surface area contributed by atoms with E-state index in [1.165, 1.54) is 31.4 Å². The first-order chi connectivity index (χ1) is 14.5. The van der Waals surface area contributed by atoms with Gasteiger partial charge in [-0.05, 0) is 30.3 Å². The summed E-state index contributed by atoms with van der Waals surface area (Å²) in [6.45, 7) is -0.136. The van der Waals surface area contributed by atoms with Crippen molar-refractivity contribution in [3.63, 3.8) is 0 Å². The van der Waals surface area contributed by atoms with E-state index >= 15 is 0 Å². The highest BCUT2D eigenvalue weighted by Gasteiger charge is 2.34. The smallest absolute Gasteiger partial charge is 0.337 e. The Morgan fingerprint density at radius 3 is 2.70 bits per heavy atom. The molecule has 1 aliphatic heterocycles. The molecule has 0 aliphatic carbocycles. The van der Waals surface area contributed by atoms with Crippen LogP contribution in [0.2, 0.25) is 0 Å². The van der Waals surface area contributed by atoms with Gasteiger partial charge in [-0.1, -0.05) is 0 Å². The summed E-state index contributed by atoms with van der Waals surface area (Å²) >= 11 is 0. The van der Waals surface area contributed by atoms with Gasteiger partial charge in [-0.2, -0.15) is 0 Å². The maximum atomic E-state index is 12.7. The number of hydrogen-bond acceptors (Lipinski definition) is 8. The number of carbonyl (C=O) groups is 3. The van der Waals surface area contributed by atoms with Gasteiger partial charge >= 0.3 is 5.97 Å². The second-order valence-electron chi connectivity index (χ2n) is 6.27. The third-order valence-corrected chi connectivity index (χ3v) is 4.42. The molecule has 10 nitrogen and oxygen atoms in total. The van der Waals surface area contributed by atoms with Gasteiger partial charge < -0.3 is 34.5 Å². The molecule has 0 spiro atoms. The lowest BCUT2D eigenvalue weighted by Gasteiger charge is -2.16. The molecule has 1 aromatic heterocycles. The average Bonchev–Trinajstić information content (AvgIpc) is 3.38. The van der Waals surface area contributed by atoms with Gasteiger partial charge in [-0.15, -0.1) is 0 Å². The number of amides is 2. The predicted octanol–water partition coefficient (Wildman–Crippen LogP) is 1.21. The normalized spacial score (nSPS) is 13.4. The molecule has 1 aliphatic rings. The van der Waals surface area contributed by atoms with E-state index in [2.05, 4.69) is 10.6 Å². The molecule has 2 heterocycles. The highest BCUT2D eigenvalue weighted by atomic mass is 16.5. The molecule has 1 aromatic carbocycles. The average molecular weight is 415 g/mol. The van der Waals surface area contributed by atoms with E-state index in [1.807, 2.05) is 0 Å². The number of nitrogens with one attached hydrogen (secondary N) is 2. The van der Waals surface area contributed by atoms with Crippen molar-refractivity contribution in [2.75, 3.05) is 44.5 Å². The molecule has 158 valence electrons. The van der Waals surface area contributed by atoms with Crippen LogP contribution in [0.5, 0.6) is 5.75 Å². The number of aliphatic hydroxyl groups is 1. The van der Waals surface area contributed by atoms with Crippen LogP contribution >= 0.6 is 0 Å². The first-order valence-corrected chi connectivity index (χ1v) is 9.00. The van der Waals surface area contributed by atoms with Crippen LogP contribution in [0.25, 0.3) is 0 Å². The number of benzene rings is 1. The van der Waals surface area contributed by atoms with Crippen molar-refractivity contribution in [1.29, 1.82) is 0 Å². The zero-order chi connectivity index (χ0) is 21.7. The summed E-state index contributed by atoms with van der Waals surface area (Å²) in [5.41, 5.74) is 0.958. The Morgan fingerprint density at radius 1 is 1.27 bits per heavy atom. The molecule has 0 saturated heterocycles. The number of rotatable bonds is 8. The SMILES string of the molecule is COC(=O)C1=C(Nc2ccc(OC)c(NC(=O)c3ccco3)c2)C(=O)N(CCO)C1. The van der Waals surface area contributed by atoms with Crippen molar-refractivity contribution in [3.8, 4) is 5.75 Å². The van der Waals surface area contributed by atoms with Crippen molar-refractivity contribution in [1.82, 2.24) is 4.90 Å². The number of hydrogen-bond donors (Lipinski definition) is 3. The molecule has 30 heavy (non-hydrogen) atoms. The molecule has 3 rings (SSSR count). The number of nitrogens with zero attached hydrogens (tertiary/aromatic N) is 1. The van der Waals surface area contributed by atoms with E-state index in [4.69, 9.17) is 19.0 Å². The Morgan fingerprint density at radius 2 is 2.07 bits per heavy atom. The van der Waals surface area contributed by atoms with Gasteiger partial charge in [-0.3, -0.25) is 9.59 Å². The Hall–Kier alpha value is -3.79. The van der Waals surface area contributed by atoms with Crippen molar-refractivity contribution in [3.05, 3.63) is 53.6 Å². The van der Waals surface area contributed by atoms with Gasteiger partial charge in [0.05, 0.1) is 44.9 Å². The van der Waals surface area contributed by atoms with E-state index in [0.29, 0.717) is 17.1 Å². The lowest BCUT2D eigenvalue weighted by atomic mass is 10.2. The number of β-amino-alcohol motifs (C(OH)–C–C–N with tert-alkyl or cyclic N) is 1. The molecule has 0 saturated carbocycles. The van der Waals surface area contributed by atoms with E-state index in [-0.39, 0.29) is 36.7 Å². The maximum Gasteiger partial charge on any atom is 0.337 e. The van der Waals surface area contributed by atoms with Crippen molar-refractivity contribution < 1.29 is 33.4 Å². The molecular formula is C20H21N3O7. The third kappa shape index (κ3) is 4.28. The minimum atomic E-state index is -0.647. The Balaban J connectivity index is 1.88. The molecule has 0 unspecified atom stereocenters. The fraction of sp³-hybridized carbons (Fsp3) is 0.250. The minimum absolute atomic E-state index is 0.0205. The molecule has 2 amide bonds. The highest BCUT2D eigenvalue weighted by molar-refractivity contribution is 6.09. The van der Waals surface area contributed by atoms with Crippen molar-refractivity contribution >= 4 is 29.2 Å². The standard InChI is InChI=1S/C20H21N3O7/c1-28-15-6-5-12(10-14(15)22-18(25)16-4-3-9-30-16)21-17-13(20(27)29-2)11-23(7-8-24)19(17)26/h3-6,9-10,21,24H,7-8,11H2,1-2H3,(H,22,25). The fourth-order valence-electron chi connectivity index (χ4n) is 2.97.